The lowest BCUT2D eigenvalue weighted by Gasteiger charge is -2.26. The van der Waals surface area contributed by atoms with Crippen molar-refractivity contribution in [1.29, 1.82) is 0 Å². The predicted octanol–water partition coefficient (Wildman–Crippen LogP) is 4.29. The van der Waals surface area contributed by atoms with Crippen molar-refractivity contribution in [1.82, 2.24) is 5.32 Å². The highest BCUT2D eigenvalue weighted by Crippen LogP contribution is 2.36. The van der Waals surface area contributed by atoms with Crippen LogP contribution >= 0.6 is 11.6 Å². The number of halogens is 1. The number of methoxy groups -OCH3 is 1. The van der Waals surface area contributed by atoms with Crippen molar-refractivity contribution >= 4 is 23.7 Å². The highest BCUT2D eigenvalue weighted by molar-refractivity contribution is 6.32. The van der Waals surface area contributed by atoms with Crippen molar-refractivity contribution in [3.63, 3.8) is 0 Å². The maximum absolute atomic E-state index is 12.2. The van der Waals surface area contributed by atoms with Crippen molar-refractivity contribution in [2.45, 2.75) is 32.2 Å². The summed E-state index contributed by atoms with van der Waals surface area (Å²) in [5, 5.41) is 7.32. The molecule has 0 unspecified atom stereocenters. The molecule has 3 rings (SSSR count). The number of hydrogen-bond acceptors (Lipinski definition) is 5. The van der Waals surface area contributed by atoms with Gasteiger partial charge < -0.3 is 19.6 Å². The smallest absolute Gasteiger partial charge is 0.261 e. The minimum atomic E-state index is -0.203. The van der Waals surface area contributed by atoms with Crippen molar-refractivity contribution in [3.05, 3.63) is 58.1 Å². The van der Waals surface area contributed by atoms with E-state index in [1.807, 2.05) is 19.1 Å². The van der Waals surface area contributed by atoms with Gasteiger partial charge in [0.15, 0.2) is 18.1 Å². The van der Waals surface area contributed by atoms with Crippen molar-refractivity contribution < 1.29 is 19.1 Å². The van der Waals surface area contributed by atoms with Gasteiger partial charge in [0.2, 0.25) is 0 Å². The lowest BCUT2D eigenvalue weighted by molar-refractivity contribution is -0.126. The summed E-state index contributed by atoms with van der Waals surface area (Å²) in [5.74, 6) is 0.794. The van der Waals surface area contributed by atoms with Crippen LogP contribution in [0.3, 0.4) is 0 Å². The molecular formula is C22H25ClN2O4. The second-order valence-electron chi connectivity index (χ2n) is 6.69. The first-order chi connectivity index (χ1) is 14.1. The molecule has 0 aromatic heterocycles. The Hall–Kier alpha value is -2.73. The van der Waals surface area contributed by atoms with Crippen LogP contribution in [-0.2, 0) is 16.1 Å². The number of rotatable bonds is 8. The molecule has 0 saturated heterocycles. The van der Waals surface area contributed by atoms with Crippen LogP contribution < -0.4 is 14.8 Å². The van der Waals surface area contributed by atoms with E-state index in [4.69, 9.17) is 25.9 Å². The lowest BCUT2D eigenvalue weighted by atomic mass is 9.88. The van der Waals surface area contributed by atoms with E-state index in [0.717, 1.165) is 19.3 Å². The SMILES string of the molecule is CCOc1c(Cl)cc(/C=N\OCC(=O)N[C@@H]2CCCc3ccccc32)cc1OC. The molecule has 1 atom stereocenters. The molecule has 1 N–H and O–H groups in total. The average Bonchev–Trinajstić information content (AvgIpc) is 2.73. The zero-order chi connectivity index (χ0) is 20.6. The Morgan fingerprint density at radius 1 is 1.34 bits per heavy atom. The third-order valence-electron chi connectivity index (χ3n) is 4.72. The topological polar surface area (TPSA) is 69.2 Å². The molecule has 0 fully saturated rings. The number of nitrogens with zero attached hydrogens (tertiary/aromatic N) is 1. The van der Waals surface area contributed by atoms with Crippen molar-refractivity contribution in [2.24, 2.45) is 5.16 Å². The first kappa shape index (κ1) is 21.0. The molecule has 0 radical (unpaired) electrons. The lowest BCUT2D eigenvalue weighted by Crippen LogP contribution is -2.33. The standard InChI is InChI=1S/C22H25ClN2O4/c1-3-28-22-18(23)11-15(12-20(22)27-2)13-24-29-14-21(26)25-19-10-6-8-16-7-4-5-9-17(16)19/h4-5,7,9,11-13,19H,3,6,8,10,14H2,1-2H3,(H,25,26)/b24-13-/t19-/m1/s1. The third kappa shape index (κ3) is 5.41. The Kier molecular flexibility index (Phi) is 7.36. The van der Waals surface area contributed by atoms with Crippen LogP contribution in [-0.4, -0.2) is 32.4 Å². The van der Waals surface area contributed by atoms with Gasteiger partial charge in [0.05, 0.1) is 31.0 Å². The maximum atomic E-state index is 12.2. The molecule has 29 heavy (non-hydrogen) atoms. The fourth-order valence-electron chi connectivity index (χ4n) is 3.43. The predicted molar refractivity (Wildman–Crippen MR) is 113 cm³/mol. The van der Waals surface area contributed by atoms with Gasteiger partial charge in [-0.15, -0.1) is 0 Å². The fraction of sp³-hybridized carbons (Fsp3) is 0.364. The average molecular weight is 417 g/mol. The fourth-order valence-corrected chi connectivity index (χ4v) is 3.71. The summed E-state index contributed by atoms with van der Waals surface area (Å²) >= 11 is 6.23. The highest BCUT2D eigenvalue weighted by Gasteiger charge is 2.21. The van der Waals surface area contributed by atoms with E-state index < -0.39 is 0 Å². The van der Waals surface area contributed by atoms with Crippen molar-refractivity contribution in [3.8, 4) is 11.5 Å². The zero-order valence-corrected chi connectivity index (χ0v) is 17.4. The molecular weight excluding hydrogens is 392 g/mol. The van der Waals surface area contributed by atoms with Crippen LogP contribution in [0, 0.1) is 0 Å². The summed E-state index contributed by atoms with van der Waals surface area (Å²) in [6.07, 6.45) is 4.52. The van der Waals surface area contributed by atoms with E-state index in [-0.39, 0.29) is 18.6 Å². The number of carbonyl (C=O) groups excluding carboxylic acids is 1. The number of benzene rings is 2. The first-order valence-electron chi connectivity index (χ1n) is 9.65. The molecule has 0 heterocycles. The summed E-state index contributed by atoms with van der Waals surface area (Å²) in [6, 6.07) is 11.7. The largest absolute Gasteiger partial charge is 0.493 e. The van der Waals surface area contributed by atoms with Gasteiger partial charge in [0, 0.05) is 5.56 Å². The van der Waals surface area contributed by atoms with E-state index in [1.165, 1.54) is 17.3 Å². The Morgan fingerprint density at radius 3 is 2.97 bits per heavy atom. The van der Waals surface area contributed by atoms with Gasteiger partial charge in [-0.1, -0.05) is 41.0 Å². The third-order valence-corrected chi connectivity index (χ3v) is 5.00. The number of fused-ring (bicyclic) bond motifs is 1. The number of carbonyl (C=O) groups is 1. The van der Waals surface area contributed by atoms with E-state index in [1.54, 1.807) is 19.2 Å². The van der Waals surface area contributed by atoms with Gasteiger partial charge in [0.25, 0.3) is 5.91 Å². The van der Waals surface area contributed by atoms with Gasteiger partial charge in [0.1, 0.15) is 0 Å². The Bertz CT molecular complexity index is 885. The summed E-state index contributed by atoms with van der Waals surface area (Å²) < 4.78 is 10.8. The first-order valence-corrected chi connectivity index (χ1v) is 10.0. The Labute approximate surface area is 175 Å². The summed E-state index contributed by atoms with van der Waals surface area (Å²) in [5.41, 5.74) is 3.16. The molecule has 0 bridgehead atoms. The van der Waals surface area contributed by atoms with Gasteiger partial charge in [-0.25, -0.2) is 0 Å². The molecule has 1 aliphatic rings. The normalized spacial score (nSPS) is 15.6. The molecule has 1 aliphatic carbocycles. The monoisotopic (exact) mass is 416 g/mol. The zero-order valence-electron chi connectivity index (χ0n) is 16.6. The minimum absolute atomic E-state index is 0.0224. The molecule has 2 aromatic rings. The van der Waals surface area contributed by atoms with Crippen molar-refractivity contribution in [2.75, 3.05) is 20.3 Å². The highest BCUT2D eigenvalue weighted by atomic mass is 35.5. The second kappa shape index (κ2) is 10.2. The van der Waals surface area contributed by atoms with E-state index in [9.17, 15) is 4.79 Å². The van der Waals surface area contributed by atoms with Gasteiger partial charge in [-0.2, -0.15) is 0 Å². The molecule has 0 saturated carbocycles. The summed E-state index contributed by atoms with van der Waals surface area (Å²) in [6.45, 7) is 2.19. The van der Waals surface area contributed by atoms with E-state index in [0.29, 0.717) is 28.7 Å². The molecule has 0 spiro atoms. The van der Waals surface area contributed by atoms with Crippen LogP contribution in [0.15, 0.2) is 41.6 Å². The number of aryl methyl sites for hydroxylation is 1. The number of nitrogens with one attached hydrogen (secondary N) is 1. The van der Waals surface area contributed by atoms with E-state index in [2.05, 4.69) is 22.6 Å². The van der Waals surface area contributed by atoms with Crippen LogP contribution in [0.25, 0.3) is 0 Å². The number of amides is 1. The summed E-state index contributed by atoms with van der Waals surface area (Å²) in [4.78, 5) is 17.4. The second-order valence-corrected chi connectivity index (χ2v) is 7.09. The number of oxime groups is 1. The summed E-state index contributed by atoms with van der Waals surface area (Å²) in [7, 11) is 1.54. The van der Waals surface area contributed by atoms with E-state index >= 15 is 0 Å². The number of ether oxygens (including phenoxy) is 2. The molecule has 7 heteroatoms. The van der Waals surface area contributed by atoms with Crippen LogP contribution in [0.1, 0.15) is 42.5 Å². The minimum Gasteiger partial charge on any atom is -0.493 e. The molecule has 6 nitrogen and oxygen atoms in total. The van der Waals surface area contributed by atoms with Gasteiger partial charge in [-0.05, 0) is 49.4 Å². The van der Waals surface area contributed by atoms with Gasteiger partial charge >= 0.3 is 0 Å². The molecule has 2 aromatic carbocycles. The quantitative estimate of drug-likeness (QED) is 0.514. The Balaban J connectivity index is 1.54. The van der Waals surface area contributed by atoms with Crippen LogP contribution in [0.4, 0.5) is 0 Å². The van der Waals surface area contributed by atoms with Gasteiger partial charge in [-0.3, -0.25) is 4.79 Å². The van der Waals surface area contributed by atoms with Crippen LogP contribution in [0.2, 0.25) is 5.02 Å². The molecule has 154 valence electrons. The van der Waals surface area contributed by atoms with Crippen LogP contribution in [0.5, 0.6) is 11.5 Å². The Morgan fingerprint density at radius 2 is 2.17 bits per heavy atom. The maximum Gasteiger partial charge on any atom is 0.261 e. The molecule has 1 amide bonds. The number of hydrogen-bond donors (Lipinski definition) is 1. The molecule has 0 aliphatic heterocycles.